The first-order valence-corrected chi connectivity index (χ1v) is 11.1. The summed E-state index contributed by atoms with van der Waals surface area (Å²) in [6.45, 7) is 6.30. The third-order valence-corrected chi connectivity index (χ3v) is 5.51. The number of tetrazole rings is 1. The maximum atomic E-state index is 13.0. The van der Waals surface area contributed by atoms with Crippen molar-refractivity contribution in [2.45, 2.75) is 52.5 Å². The Kier molecular flexibility index (Phi) is 6.58. The van der Waals surface area contributed by atoms with Gasteiger partial charge in [0.2, 0.25) is 5.82 Å². The minimum Gasteiger partial charge on any atom is -0.274 e. The lowest BCUT2D eigenvalue weighted by Crippen LogP contribution is -2.30. The first kappa shape index (κ1) is 22.3. The molecule has 9 heteroatoms. The molecular formula is C24H27N7O2. The third kappa shape index (κ3) is 4.67. The Hall–Kier alpha value is -3.88. The fourth-order valence-corrected chi connectivity index (χ4v) is 3.76. The SMILES string of the molecule is CCCCC(=O)n1nc(C(C)C)n(Cc2ccc(-c3ccccc3-c3nn[nH]n3)cc2)c1=O. The Bertz CT molecular complexity index is 1290. The van der Waals surface area contributed by atoms with Crippen LogP contribution in [0.25, 0.3) is 22.5 Å². The number of aromatic nitrogens is 7. The zero-order chi connectivity index (χ0) is 23.4. The standard InChI is InChI=1S/C24H27N7O2/c1-4-5-10-21(32)31-24(33)30(23(27-31)16(2)3)15-17-11-13-18(14-12-17)19-8-6-7-9-20(19)22-25-28-29-26-22/h6-9,11-14,16H,4-5,10,15H2,1-3H3,(H,25,26,28,29). The van der Waals surface area contributed by atoms with Gasteiger partial charge >= 0.3 is 5.69 Å². The van der Waals surface area contributed by atoms with Crippen molar-refractivity contribution in [1.29, 1.82) is 0 Å². The van der Waals surface area contributed by atoms with Gasteiger partial charge < -0.3 is 0 Å². The molecule has 0 saturated heterocycles. The number of nitrogens with one attached hydrogen (secondary N) is 1. The van der Waals surface area contributed by atoms with Crippen molar-refractivity contribution >= 4 is 5.91 Å². The fourth-order valence-electron chi connectivity index (χ4n) is 3.76. The molecule has 0 aliphatic rings. The van der Waals surface area contributed by atoms with E-state index < -0.39 is 0 Å². The number of unbranched alkanes of at least 4 members (excludes halogenated alkanes) is 1. The zero-order valence-electron chi connectivity index (χ0n) is 19.0. The van der Waals surface area contributed by atoms with Crippen LogP contribution in [0.15, 0.2) is 53.3 Å². The van der Waals surface area contributed by atoms with Crippen LogP contribution < -0.4 is 5.69 Å². The van der Waals surface area contributed by atoms with Crippen LogP contribution in [0, 0.1) is 0 Å². The molecule has 0 fully saturated rings. The largest absolute Gasteiger partial charge is 0.353 e. The number of rotatable bonds is 8. The van der Waals surface area contributed by atoms with Gasteiger partial charge in [0.25, 0.3) is 5.91 Å². The second-order valence-electron chi connectivity index (χ2n) is 8.27. The molecule has 0 aliphatic carbocycles. The summed E-state index contributed by atoms with van der Waals surface area (Å²) in [4.78, 5) is 25.5. The second kappa shape index (κ2) is 9.72. The summed E-state index contributed by atoms with van der Waals surface area (Å²) in [5.74, 6) is 0.897. The third-order valence-electron chi connectivity index (χ3n) is 5.51. The monoisotopic (exact) mass is 445 g/mol. The number of aromatic amines is 1. The number of carbonyl (C=O) groups excluding carboxylic acids is 1. The van der Waals surface area contributed by atoms with Crippen LogP contribution in [0.3, 0.4) is 0 Å². The van der Waals surface area contributed by atoms with Gasteiger partial charge in [0.15, 0.2) is 0 Å². The molecule has 0 aliphatic heterocycles. The Morgan fingerprint density at radius 3 is 2.42 bits per heavy atom. The topological polar surface area (TPSA) is 111 Å². The van der Waals surface area contributed by atoms with Gasteiger partial charge in [-0.25, -0.2) is 4.79 Å². The van der Waals surface area contributed by atoms with Gasteiger partial charge in [-0.1, -0.05) is 75.7 Å². The highest BCUT2D eigenvalue weighted by molar-refractivity contribution is 5.80. The van der Waals surface area contributed by atoms with Gasteiger partial charge in [-0.05, 0) is 28.3 Å². The molecule has 2 heterocycles. The van der Waals surface area contributed by atoms with Gasteiger partial charge in [-0.15, -0.1) is 20.0 Å². The molecule has 33 heavy (non-hydrogen) atoms. The van der Waals surface area contributed by atoms with Gasteiger partial charge in [0.1, 0.15) is 5.82 Å². The Morgan fingerprint density at radius 1 is 1.06 bits per heavy atom. The summed E-state index contributed by atoms with van der Waals surface area (Å²) in [5.41, 5.74) is 3.43. The van der Waals surface area contributed by atoms with Gasteiger partial charge in [-0.2, -0.15) is 5.21 Å². The molecule has 0 radical (unpaired) electrons. The Morgan fingerprint density at radius 2 is 1.79 bits per heavy atom. The molecule has 0 unspecified atom stereocenters. The van der Waals surface area contributed by atoms with Crippen molar-refractivity contribution in [1.82, 2.24) is 35.0 Å². The van der Waals surface area contributed by atoms with Gasteiger partial charge in [0.05, 0.1) is 6.54 Å². The molecule has 4 rings (SSSR count). The number of nitrogens with zero attached hydrogens (tertiary/aromatic N) is 6. The molecule has 0 saturated carbocycles. The smallest absolute Gasteiger partial charge is 0.274 e. The molecule has 170 valence electrons. The molecule has 0 atom stereocenters. The summed E-state index contributed by atoms with van der Waals surface area (Å²) < 4.78 is 2.62. The number of H-pyrrole nitrogens is 1. The highest BCUT2D eigenvalue weighted by atomic mass is 16.2. The van der Waals surface area contributed by atoms with Crippen molar-refractivity contribution < 1.29 is 4.79 Å². The van der Waals surface area contributed by atoms with Crippen LogP contribution in [0.2, 0.25) is 0 Å². The number of hydrogen-bond acceptors (Lipinski definition) is 6. The van der Waals surface area contributed by atoms with Crippen molar-refractivity contribution in [3.8, 4) is 22.5 Å². The minimum atomic E-state index is -0.383. The first-order valence-electron chi connectivity index (χ1n) is 11.1. The van der Waals surface area contributed by atoms with Gasteiger partial charge in [-0.3, -0.25) is 9.36 Å². The second-order valence-corrected chi connectivity index (χ2v) is 8.27. The summed E-state index contributed by atoms with van der Waals surface area (Å²) >= 11 is 0. The highest BCUT2D eigenvalue weighted by Crippen LogP contribution is 2.29. The van der Waals surface area contributed by atoms with Crippen molar-refractivity contribution in [2.75, 3.05) is 0 Å². The van der Waals surface area contributed by atoms with Crippen molar-refractivity contribution in [3.63, 3.8) is 0 Å². The van der Waals surface area contributed by atoms with Gasteiger partial charge in [0, 0.05) is 17.9 Å². The van der Waals surface area contributed by atoms with E-state index in [9.17, 15) is 9.59 Å². The van der Waals surface area contributed by atoms with E-state index in [1.165, 1.54) is 0 Å². The average molecular weight is 446 g/mol. The predicted octanol–water partition coefficient (Wildman–Crippen LogP) is 3.89. The van der Waals surface area contributed by atoms with Crippen LogP contribution in [0.5, 0.6) is 0 Å². The maximum absolute atomic E-state index is 13.0. The quantitative estimate of drug-likeness (QED) is 0.440. The molecule has 2 aromatic carbocycles. The van der Waals surface area contributed by atoms with E-state index in [0.717, 1.165) is 39.8 Å². The molecule has 9 nitrogen and oxygen atoms in total. The normalized spacial score (nSPS) is 11.3. The molecule has 1 N–H and O–H groups in total. The van der Waals surface area contributed by atoms with E-state index in [4.69, 9.17) is 0 Å². The van der Waals surface area contributed by atoms with E-state index >= 15 is 0 Å². The lowest BCUT2D eigenvalue weighted by molar-refractivity contribution is 0.0878. The van der Waals surface area contributed by atoms with E-state index in [-0.39, 0.29) is 17.5 Å². The van der Waals surface area contributed by atoms with Crippen LogP contribution in [-0.4, -0.2) is 40.9 Å². The number of carbonyl (C=O) groups is 1. The summed E-state index contributed by atoms with van der Waals surface area (Å²) in [6, 6.07) is 15.8. The summed E-state index contributed by atoms with van der Waals surface area (Å²) in [5, 5.41) is 18.7. The first-order chi connectivity index (χ1) is 16.0. The molecule has 0 spiro atoms. The van der Waals surface area contributed by atoms with E-state index in [1.54, 1.807) is 4.57 Å². The lowest BCUT2D eigenvalue weighted by atomic mass is 9.98. The fraction of sp³-hybridized carbons (Fsp3) is 0.333. The van der Waals surface area contributed by atoms with E-state index in [1.807, 2.05) is 69.3 Å². The van der Waals surface area contributed by atoms with Crippen LogP contribution >= 0.6 is 0 Å². The van der Waals surface area contributed by atoms with E-state index in [2.05, 4.69) is 25.7 Å². The molecule has 0 amide bonds. The van der Waals surface area contributed by atoms with Crippen LogP contribution in [0.1, 0.15) is 62.1 Å². The van der Waals surface area contributed by atoms with Crippen molar-refractivity contribution in [3.05, 3.63) is 70.4 Å². The molecule has 0 bridgehead atoms. The summed E-state index contributed by atoms with van der Waals surface area (Å²) in [6.07, 6.45) is 1.95. The molecule has 4 aromatic rings. The lowest BCUT2D eigenvalue weighted by Gasteiger charge is -2.10. The Labute approximate surface area is 191 Å². The average Bonchev–Trinajstić information content (AvgIpc) is 3.47. The number of hydrogen-bond donors (Lipinski definition) is 1. The zero-order valence-corrected chi connectivity index (χ0v) is 19.0. The predicted molar refractivity (Wildman–Crippen MR) is 125 cm³/mol. The van der Waals surface area contributed by atoms with Crippen LogP contribution in [0.4, 0.5) is 0 Å². The summed E-state index contributed by atoms with van der Waals surface area (Å²) in [7, 11) is 0. The minimum absolute atomic E-state index is 0.0130. The number of benzene rings is 2. The molecule has 2 aromatic heterocycles. The maximum Gasteiger partial charge on any atom is 0.353 e. The highest BCUT2D eigenvalue weighted by Gasteiger charge is 2.20. The van der Waals surface area contributed by atoms with E-state index in [0.29, 0.717) is 24.6 Å². The van der Waals surface area contributed by atoms with Crippen molar-refractivity contribution in [2.24, 2.45) is 0 Å². The molecular weight excluding hydrogens is 418 g/mol. The Balaban J connectivity index is 1.63. The van der Waals surface area contributed by atoms with Crippen LogP contribution in [-0.2, 0) is 6.54 Å².